The summed E-state index contributed by atoms with van der Waals surface area (Å²) in [6.45, 7) is 9.35. The molecule has 2 N–H and O–H groups in total. The number of nitrogens with one attached hydrogen (secondary N) is 2. The quantitative estimate of drug-likeness (QED) is 0.622. The van der Waals surface area contributed by atoms with Crippen LogP contribution in [0.2, 0.25) is 0 Å². The molecule has 0 aromatic heterocycles. The highest BCUT2D eigenvalue weighted by atomic mass is 32.2. The fourth-order valence-electron chi connectivity index (χ4n) is 3.69. The molecule has 0 radical (unpaired) electrons. The molecule has 2 saturated heterocycles. The van der Waals surface area contributed by atoms with E-state index in [9.17, 15) is 13.2 Å². The molecular formula is C17H34N3O3S+. The van der Waals surface area contributed by atoms with Crippen LogP contribution in [-0.4, -0.2) is 63.7 Å². The van der Waals surface area contributed by atoms with Gasteiger partial charge in [0, 0.05) is 32.0 Å². The maximum absolute atomic E-state index is 12.2. The van der Waals surface area contributed by atoms with E-state index in [0.717, 1.165) is 25.4 Å². The van der Waals surface area contributed by atoms with Crippen LogP contribution in [0.15, 0.2) is 0 Å². The van der Waals surface area contributed by atoms with Crippen molar-refractivity contribution in [2.24, 2.45) is 11.8 Å². The highest BCUT2D eigenvalue weighted by Gasteiger charge is 2.30. The summed E-state index contributed by atoms with van der Waals surface area (Å²) in [7, 11) is -3.11. The molecule has 24 heavy (non-hydrogen) atoms. The number of nitrogens with zero attached hydrogens (tertiary/aromatic N) is 1. The highest BCUT2D eigenvalue weighted by Crippen LogP contribution is 2.19. The van der Waals surface area contributed by atoms with E-state index in [1.54, 1.807) is 11.8 Å². The molecule has 0 atom stereocenters. The van der Waals surface area contributed by atoms with Crippen molar-refractivity contribution in [1.29, 1.82) is 0 Å². The molecule has 2 aliphatic rings. The molecule has 2 heterocycles. The summed E-state index contributed by atoms with van der Waals surface area (Å²) in [4.78, 5) is 13.9. The van der Waals surface area contributed by atoms with Gasteiger partial charge < -0.3 is 10.2 Å². The first kappa shape index (κ1) is 19.7. The van der Waals surface area contributed by atoms with Gasteiger partial charge in [0.1, 0.15) is 0 Å². The van der Waals surface area contributed by atoms with Gasteiger partial charge in [-0.05, 0) is 38.5 Å². The topological polar surface area (TPSA) is 70.9 Å². The Hall–Kier alpha value is -0.660. The third kappa shape index (κ3) is 5.70. The lowest BCUT2D eigenvalue weighted by atomic mass is 9.97. The first-order valence-corrected chi connectivity index (χ1v) is 11.1. The van der Waals surface area contributed by atoms with Gasteiger partial charge in [-0.3, -0.25) is 4.79 Å². The SMILES string of the molecule is CCS(=O)(=O)N1CCC(C(=O)NCCC[NH+]2CCC(C)CC2)CC1. The van der Waals surface area contributed by atoms with Gasteiger partial charge in [-0.25, -0.2) is 12.7 Å². The molecule has 6 nitrogen and oxygen atoms in total. The number of amides is 1. The second-order valence-electron chi connectivity index (χ2n) is 7.40. The van der Waals surface area contributed by atoms with Gasteiger partial charge in [0.2, 0.25) is 15.9 Å². The van der Waals surface area contributed by atoms with Gasteiger partial charge in [0.05, 0.1) is 25.4 Å². The molecule has 0 spiro atoms. The zero-order chi connectivity index (χ0) is 17.6. The molecule has 1 amide bonds. The molecule has 0 saturated carbocycles. The maximum Gasteiger partial charge on any atom is 0.223 e. The summed E-state index contributed by atoms with van der Waals surface area (Å²) < 4.78 is 25.2. The standard InChI is InChI=1S/C17H33N3O3S/c1-3-24(22,23)20-13-7-16(8-14-20)17(21)18-9-4-10-19-11-5-15(2)6-12-19/h15-16H,3-14H2,1-2H3,(H,18,21)/p+1. The molecule has 0 bridgehead atoms. The zero-order valence-corrected chi connectivity index (χ0v) is 16.0. The molecule has 2 rings (SSSR count). The molecular weight excluding hydrogens is 326 g/mol. The van der Waals surface area contributed by atoms with E-state index in [-0.39, 0.29) is 17.6 Å². The predicted octanol–water partition coefficient (Wildman–Crippen LogP) is -0.131. The molecule has 7 heteroatoms. The Morgan fingerprint density at radius 2 is 1.79 bits per heavy atom. The number of piperidine rings is 2. The smallest absolute Gasteiger partial charge is 0.223 e. The van der Waals surface area contributed by atoms with Gasteiger partial charge in [0.15, 0.2) is 0 Å². The lowest BCUT2D eigenvalue weighted by Gasteiger charge is -2.30. The molecule has 0 aromatic rings. The van der Waals surface area contributed by atoms with E-state index in [4.69, 9.17) is 0 Å². The van der Waals surface area contributed by atoms with E-state index < -0.39 is 10.0 Å². The van der Waals surface area contributed by atoms with Gasteiger partial charge in [-0.15, -0.1) is 0 Å². The van der Waals surface area contributed by atoms with E-state index in [0.29, 0.717) is 25.9 Å². The number of likely N-dealkylation sites (tertiary alicyclic amines) is 1. The van der Waals surface area contributed by atoms with Crippen molar-refractivity contribution < 1.29 is 18.1 Å². The number of hydrogen-bond donors (Lipinski definition) is 2. The van der Waals surface area contributed by atoms with E-state index >= 15 is 0 Å². The number of hydrogen-bond acceptors (Lipinski definition) is 3. The summed E-state index contributed by atoms with van der Waals surface area (Å²) in [5.74, 6) is 1.08. The van der Waals surface area contributed by atoms with Crippen molar-refractivity contribution in [2.45, 2.75) is 46.0 Å². The normalized spacial score (nSPS) is 27.1. The molecule has 0 unspecified atom stereocenters. The van der Waals surface area contributed by atoms with Gasteiger partial charge >= 0.3 is 0 Å². The van der Waals surface area contributed by atoms with Crippen LogP contribution in [0.5, 0.6) is 0 Å². The first-order valence-electron chi connectivity index (χ1n) is 9.51. The van der Waals surface area contributed by atoms with Crippen molar-refractivity contribution >= 4 is 15.9 Å². The lowest BCUT2D eigenvalue weighted by molar-refractivity contribution is -0.906. The van der Waals surface area contributed by atoms with Crippen LogP contribution in [0.4, 0.5) is 0 Å². The maximum atomic E-state index is 12.2. The third-order valence-electron chi connectivity index (χ3n) is 5.57. The van der Waals surface area contributed by atoms with Crippen LogP contribution in [0.25, 0.3) is 0 Å². The average Bonchev–Trinajstić information content (AvgIpc) is 2.60. The van der Waals surface area contributed by atoms with Crippen molar-refractivity contribution in [3.63, 3.8) is 0 Å². The van der Waals surface area contributed by atoms with E-state index in [1.165, 1.54) is 30.2 Å². The Kier molecular flexibility index (Phi) is 7.50. The summed E-state index contributed by atoms with van der Waals surface area (Å²) in [6, 6.07) is 0. The Morgan fingerprint density at radius 1 is 1.17 bits per heavy atom. The summed E-state index contributed by atoms with van der Waals surface area (Å²) in [5.41, 5.74) is 0. The summed E-state index contributed by atoms with van der Waals surface area (Å²) in [5, 5.41) is 3.05. The lowest BCUT2D eigenvalue weighted by Crippen LogP contribution is -3.13. The highest BCUT2D eigenvalue weighted by molar-refractivity contribution is 7.89. The van der Waals surface area contributed by atoms with E-state index in [1.807, 2.05) is 0 Å². The largest absolute Gasteiger partial charge is 0.356 e. The van der Waals surface area contributed by atoms with Gasteiger partial charge in [0.25, 0.3) is 0 Å². The molecule has 140 valence electrons. The van der Waals surface area contributed by atoms with Crippen LogP contribution in [-0.2, 0) is 14.8 Å². The number of quaternary nitrogens is 1. The van der Waals surface area contributed by atoms with Crippen LogP contribution in [0, 0.1) is 11.8 Å². The van der Waals surface area contributed by atoms with Crippen LogP contribution >= 0.6 is 0 Å². The number of rotatable bonds is 7. The summed E-state index contributed by atoms with van der Waals surface area (Å²) >= 11 is 0. The van der Waals surface area contributed by atoms with Gasteiger partial charge in [-0.1, -0.05) is 6.92 Å². The Bertz CT molecular complexity index is 493. The Balaban J connectivity index is 1.60. The molecule has 0 aromatic carbocycles. The second kappa shape index (κ2) is 9.15. The summed E-state index contributed by atoms with van der Waals surface area (Å²) in [6.07, 6.45) is 4.95. The molecule has 2 aliphatic heterocycles. The third-order valence-corrected chi connectivity index (χ3v) is 7.45. The van der Waals surface area contributed by atoms with E-state index in [2.05, 4.69) is 12.2 Å². The number of carbonyl (C=O) groups is 1. The van der Waals surface area contributed by atoms with Crippen LogP contribution in [0.3, 0.4) is 0 Å². The zero-order valence-electron chi connectivity index (χ0n) is 15.2. The van der Waals surface area contributed by atoms with Crippen molar-refractivity contribution in [3.05, 3.63) is 0 Å². The predicted molar refractivity (Wildman–Crippen MR) is 95.3 cm³/mol. The van der Waals surface area contributed by atoms with Crippen LogP contribution in [0.1, 0.15) is 46.0 Å². The fourth-order valence-corrected chi connectivity index (χ4v) is 4.83. The molecule has 0 aliphatic carbocycles. The second-order valence-corrected chi connectivity index (χ2v) is 9.66. The van der Waals surface area contributed by atoms with Crippen molar-refractivity contribution in [3.8, 4) is 0 Å². The average molecular weight is 361 g/mol. The molecule has 2 fully saturated rings. The number of carbonyl (C=O) groups excluding carboxylic acids is 1. The van der Waals surface area contributed by atoms with Gasteiger partial charge in [-0.2, -0.15) is 0 Å². The monoisotopic (exact) mass is 360 g/mol. The minimum absolute atomic E-state index is 0.0310. The Morgan fingerprint density at radius 3 is 2.38 bits per heavy atom. The minimum atomic E-state index is -3.11. The van der Waals surface area contributed by atoms with Crippen molar-refractivity contribution in [2.75, 3.05) is 45.0 Å². The van der Waals surface area contributed by atoms with Crippen molar-refractivity contribution in [1.82, 2.24) is 9.62 Å². The van der Waals surface area contributed by atoms with Crippen LogP contribution < -0.4 is 10.2 Å². The number of sulfonamides is 1. The first-order chi connectivity index (χ1) is 11.4. The minimum Gasteiger partial charge on any atom is -0.356 e. The fraction of sp³-hybridized carbons (Fsp3) is 0.941. The Labute approximate surface area is 147 Å².